The lowest BCUT2D eigenvalue weighted by Gasteiger charge is -2.48. The third kappa shape index (κ3) is 4.12. The first-order valence-corrected chi connectivity index (χ1v) is 11.3. The maximum absolute atomic E-state index is 6.40. The zero-order chi connectivity index (χ0) is 21.4. The summed E-state index contributed by atoms with van der Waals surface area (Å²) in [6.45, 7) is 7.14. The number of aryl methyl sites for hydroxylation is 1. The van der Waals surface area contributed by atoms with Gasteiger partial charge in [0.05, 0.1) is 24.1 Å². The third-order valence-electron chi connectivity index (χ3n) is 6.42. The van der Waals surface area contributed by atoms with E-state index < -0.39 is 0 Å². The highest BCUT2D eigenvalue weighted by Crippen LogP contribution is 2.44. The molecular weight excluding hydrogens is 416 g/mol. The minimum absolute atomic E-state index is 0.235. The Labute approximate surface area is 186 Å². The molecule has 164 valence electrons. The molecule has 5 rings (SSSR count). The number of nitrogens with zero attached hydrogens (tertiary/aromatic N) is 6. The number of benzene rings is 1. The van der Waals surface area contributed by atoms with E-state index in [4.69, 9.17) is 20.8 Å². The SMILES string of the molecule is CCc1nnc(Cn2cc(CN3CC[C@]4(C[C@@H]3C)OCCc3ccc(Cl)cc34)nn2)o1. The van der Waals surface area contributed by atoms with Gasteiger partial charge < -0.3 is 9.15 Å². The van der Waals surface area contributed by atoms with Crippen LogP contribution in [0.25, 0.3) is 0 Å². The lowest BCUT2D eigenvalue weighted by Crippen LogP contribution is -2.50. The summed E-state index contributed by atoms with van der Waals surface area (Å²) in [7, 11) is 0. The fourth-order valence-corrected chi connectivity index (χ4v) is 4.99. The molecule has 0 amide bonds. The van der Waals surface area contributed by atoms with Crippen LogP contribution in [0.1, 0.15) is 55.3 Å². The van der Waals surface area contributed by atoms with Crippen LogP contribution < -0.4 is 0 Å². The second-order valence-electron chi connectivity index (χ2n) is 8.52. The minimum atomic E-state index is -0.235. The smallest absolute Gasteiger partial charge is 0.237 e. The topological polar surface area (TPSA) is 82.1 Å². The molecule has 2 aliphatic rings. The number of hydrogen-bond donors (Lipinski definition) is 0. The molecule has 0 N–H and O–H groups in total. The number of halogens is 1. The number of piperidine rings is 1. The summed E-state index contributed by atoms with van der Waals surface area (Å²) in [4.78, 5) is 2.45. The second-order valence-corrected chi connectivity index (χ2v) is 8.95. The number of likely N-dealkylation sites (tertiary alicyclic amines) is 1. The van der Waals surface area contributed by atoms with Gasteiger partial charge in [0.1, 0.15) is 6.54 Å². The third-order valence-corrected chi connectivity index (χ3v) is 6.66. The van der Waals surface area contributed by atoms with Gasteiger partial charge in [-0.15, -0.1) is 15.3 Å². The van der Waals surface area contributed by atoms with Crippen LogP contribution in [0, 0.1) is 0 Å². The van der Waals surface area contributed by atoms with Crippen molar-refractivity contribution < 1.29 is 9.15 Å². The van der Waals surface area contributed by atoms with Gasteiger partial charge in [0.15, 0.2) is 0 Å². The van der Waals surface area contributed by atoms with E-state index in [-0.39, 0.29) is 5.60 Å². The maximum atomic E-state index is 6.40. The highest BCUT2D eigenvalue weighted by atomic mass is 35.5. The van der Waals surface area contributed by atoms with E-state index in [0.29, 0.717) is 24.4 Å². The van der Waals surface area contributed by atoms with Gasteiger partial charge in [-0.05, 0) is 49.4 Å². The van der Waals surface area contributed by atoms with Crippen molar-refractivity contribution in [2.24, 2.45) is 0 Å². The van der Waals surface area contributed by atoms with Crippen LogP contribution in [-0.2, 0) is 36.3 Å². The Hall–Kier alpha value is -2.29. The summed E-state index contributed by atoms with van der Waals surface area (Å²) in [6.07, 6.45) is 5.52. The summed E-state index contributed by atoms with van der Waals surface area (Å²) in [5, 5.41) is 17.4. The molecule has 1 aromatic carbocycles. The van der Waals surface area contributed by atoms with Crippen LogP contribution in [0.5, 0.6) is 0 Å². The van der Waals surface area contributed by atoms with Crippen molar-refractivity contribution in [2.45, 2.75) is 64.3 Å². The van der Waals surface area contributed by atoms with E-state index in [1.165, 1.54) is 11.1 Å². The van der Waals surface area contributed by atoms with Crippen molar-refractivity contribution in [3.05, 3.63) is 58.0 Å². The van der Waals surface area contributed by atoms with Gasteiger partial charge in [0.25, 0.3) is 0 Å². The molecule has 0 saturated carbocycles. The van der Waals surface area contributed by atoms with Gasteiger partial charge in [-0.25, -0.2) is 4.68 Å². The summed E-state index contributed by atoms with van der Waals surface area (Å²) >= 11 is 6.32. The van der Waals surface area contributed by atoms with Crippen LogP contribution in [0.15, 0.2) is 28.8 Å². The van der Waals surface area contributed by atoms with Gasteiger partial charge in [-0.1, -0.05) is 29.8 Å². The highest BCUT2D eigenvalue weighted by molar-refractivity contribution is 6.30. The molecule has 0 unspecified atom stereocenters. The van der Waals surface area contributed by atoms with E-state index >= 15 is 0 Å². The fraction of sp³-hybridized carbons (Fsp3) is 0.545. The zero-order valence-corrected chi connectivity index (χ0v) is 18.7. The van der Waals surface area contributed by atoms with Crippen molar-refractivity contribution in [3.8, 4) is 0 Å². The van der Waals surface area contributed by atoms with Crippen molar-refractivity contribution in [3.63, 3.8) is 0 Å². The monoisotopic (exact) mass is 442 g/mol. The predicted molar refractivity (Wildman–Crippen MR) is 115 cm³/mol. The van der Waals surface area contributed by atoms with Crippen molar-refractivity contribution in [1.29, 1.82) is 0 Å². The number of aromatic nitrogens is 5. The number of fused-ring (bicyclic) bond motifs is 2. The molecule has 4 heterocycles. The van der Waals surface area contributed by atoms with Gasteiger partial charge in [-0.3, -0.25) is 4.90 Å². The molecule has 1 saturated heterocycles. The average Bonchev–Trinajstić information content (AvgIpc) is 3.40. The quantitative estimate of drug-likeness (QED) is 0.599. The first-order valence-electron chi connectivity index (χ1n) is 10.9. The number of ether oxygens (including phenoxy) is 1. The molecular formula is C22H27ClN6O2. The van der Waals surface area contributed by atoms with Crippen molar-refractivity contribution >= 4 is 11.6 Å². The molecule has 0 radical (unpaired) electrons. The average molecular weight is 443 g/mol. The molecule has 8 nitrogen and oxygen atoms in total. The van der Waals surface area contributed by atoms with Crippen LogP contribution in [0.4, 0.5) is 0 Å². The molecule has 31 heavy (non-hydrogen) atoms. The van der Waals surface area contributed by atoms with Crippen LogP contribution in [-0.4, -0.2) is 49.3 Å². The Balaban J connectivity index is 1.25. The zero-order valence-electron chi connectivity index (χ0n) is 17.9. The molecule has 3 aromatic rings. The fourth-order valence-electron chi connectivity index (χ4n) is 4.82. The summed E-state index contributed by atoms with van der Waals surface area (Å²) in [5.41, 5.74) is 3.34. The van der Waals surface area contributed by atoms with Crippen LogP contribution in [0.2, 0.25) is 5.02 Å². The normalized spacial score (nSPS) is 23.9. The highest BCUT2D eigenvalue weighted by Gasteiger charge is 2.43. The van der Waals surface area contributed by atoms with Gasteiger partial charge in [-0.2, -0.15) is 0 Å². The van der Waals surface area contributed by atoms with E-state index in [0.717, 1.165) is 56.1 Å². The van der Waals surface area contributed by atoms with Crippen LogP contribution in [0.3, 0.4) is 0 Å². The number of hydrogen-bond acceptors (Lipinski definition) is 7. The van der Waals surface area contributed by atoms with E-state index in [1.54, 1.807) is 4.68 Å². The van der Waals surface area contributed by atoms with Crippen molar-refractivity contribution in [1.82, 2.24) is 30.1 Å². The van der Waals surface area contributed by atoms with Crippen LogP contribution >= 0.6 is 11.6 Å². The second kappa shape index (κ2) is 8.33. The Bertz CT molecular complexity index is 1070. The molecule has 2 aliphatic heterocycles. The molecule has 1 fully saturated rings. The Kier molecular flexibility index (Phi) is 5.54. The first-order chi connectivity index (χ1) is 15.0. The molecule has 9 heteroatoms. The first kappa shape index (κ1) is 20.6. The molecule has 0 bridgehead atoms. The summed E-state index contributed by atoms with van der Waals surface area (Å²) in [6, 6.07) is 6.60. The van der Waals surface area contributed by atoms with Gasteiger partial charge in [0.2, 0.25) is 11.8 Å². The standard InChI is InChI=1S/C22H27ClN6O2/c1-3-20-25-26-21(31-20)14-29-13-18(24-27-29)12-28-8-7-22(11-15(28)2)19-10-17(23)5-4-16(19)6-9-30-22/h4-5,10,13,15H,3,6-9,11-12,14H2,1-2H3/t15-,22+/m0/s1. The molecule has 1 spiro atoms. The Morgan fingerprint density at radius 2 is 2.06 bits per heavy atom. The minimum Gasteiger partial charge on any atom is -0.423 e. The Morgan fingerprint density at radius 3 is 2.87 bits per heavy atom. The Morgan fingerprint density at radius 1 is 1.19 bits per heavy atom. The number of rotatable bonds is 5. The van der Waals surface area contributed by atoms with Gasteiger partial charge in [0, 0.05) is 30.6 Å². The van der Waals surface area contributed by atoms with Gasteiger partial charge >= 0.3 is 0 Å². The lowest BCUT2D eigenvalue weighted by atomic mass is 9.77. The lowest BCUT2D eigenvalue weighted by molar-refractivity contribution is -0.113. The van der Waals surface area contributed by atoms with E-state index in [1.807, 2.05) is 19.2 Å². The van der Waals surface area contributed by atoms with Crippen molar-refractivity contribution in [2.75, 3.05) is 13.2 Å². The molecule has 2 aromatic heterocycles. The maximum Gasteiger partial charge on any atom is 0.237 e. The van der Waals surface area contributed by atoms with E-state index in [9.17, 15) is 0 Å². The summed E-state index contributed by atoms with van der Waals surface area (Å²) < 4.78 is 13.7. The predicted octanol–water partition coefficient (Wildman–Crippen LogP) is 3.38. The largest absolute Gasteiger partial charge is 0.423 e. The molecule has 0 aliphatic carbocycles. The molecule has 2 atom stereocenters. The summed E-state index contributed by atoms with van der Waals surface area (Å²) in [5.74, 6) is 1.19. The van der Waals surface area contributed by atoms with E-state index in [2.05, 4.69) is 44.5 Å².